The second-order valence-electron chi connectivity index (χ2n) is 5.90. The molecule has 0 saturated heterocycles. The van der Waals surface area contributed by atoms with Gasteiger partial charge in [-0.15, -0.1) is 13.2 Å². The molecule has 0 saturated carbocycles. The van der Waals surface area contributed by atoms with Crippen LogP contribution in [0.4, 0.5) is 18.9 Å². The number of carbonyl (C=O) groups is 1. The Hall–Kier alpha value is -1.92. The fourth-order valence-electron chi connectivity index (χ4n) is 3.00. The zero-order valence-electron chi connectivity index (χ0n) is 12.9. The van der Waals surface area contributed by atoms with E-state index in [4.69, 9.17) is 23.2 Å². The van der Waals surface area contributed by atoms with E-state index >= 15 is 0 Å². The number of para-hydroxylation sites is 1. The minimum Gasteiger partial charge on any atom is -0.406 e. The number of nitrogens with one attached hydrogen (secondary N) is 1. The number of amides is 1. The summed E-state index contributed by atoms with van der Waals surface area (Å²) in [6, 6.07) is 8.80. The van der Waals surface area contributed by atoms with Gasteiger partial charge >= 0.3 is 6.36 Å². The molecule has 1 heterocycles. The van der Waals surface area contributed by atoms with Gasteiger partial charge in [0, 0.05) is 10.6 Å². The molecule has 25 heavy (non-hydrogen) atoms. The smallest absolute Gasteiger partial charge is 0.406 e. The Morgan fingerprint density at radius 3 is 2.44 bits per heavy atom. The van der Waals surface area contributed by atoms with Crippen molar-refractivity contribution in [2.45, 2.75) is 25.1 Å². The molecule has 1 aliphatic heterocycles. The largest absolute Gasteiger partial charge is 0.573 e. The molecule has 132 valence electrons. The summed E-state index contributed by atoms with van der Waals surface area (Å²) in [5.74, 6) is -0.741. The summed E-state index contributed by atoms with van der Waals surface area (Å²) in [4.78, 5) is 12.6. The standard InChI is InChI=1S/C17H12Cl2F3NO2/c1-16(8-9-4-2-3-5-12(9)25-17(20,21)22)13-10(18)6-7-11(19)14(13)23-15(16)24/h2-7H,8H2,1H3,(H,23,24). The summed E-state index contributed by atoms with van der Waals surface area (Å²) in [5.41, 5.74) is -0.0896. The lowest BCUT2D eigenvalue weighted by atomic mass is 9.78. The highest BCUT2D eigenvalue weighted by molar-refractivity contribution is 6.38. The van der Waals surface area contributed by atoms with Gasteiger partial charge in [0.2, 0.25) is 5.91 Å². The van der Waals surface area contributed by atoms with Crippen LogP contribution in [0.15, 0.2) is 36.4 Å². The molecule has 3 rings (SSSR count). The van der Waals surface area contributed by atoms with Crippen LogP contribution >= 0.6 is 23.2 Å². The van der Waals surface area contributed by atoms with Gasteiger partial charge in [0.15, 0.2) is 0 Å². The molecule has 0 bridgehead atoms. The van der Waals surface area contributed by atoms with E-state index in [0.29, 0.717) is 21.3 Å². The Balaban J connectivity index is 2.06. The molecule has 0 aromatic heterocycles. The number of hydrogen-bond donors (Lipinski definition) is 1. The number of benzene rings is 2. The van der Waals surface area contributed by atoms with Crippen LogP contribution < -0.4 is 10.1 Å². The van der Waals surface area contributed by atoms with Gasteiger partial charge in [-0.3, -0.25) is 4.79 Å². The van der Waals surface area contributed by atoms with Crippen molar-refractivity contribution in [3.63, 3.8) is 0 Å². The number of rotatable bonds is 3. The number of alkyl halides is 3. The molecule has 1 unspecified atom stereocenters. The zero-order chi connectivity index (χ0) is 18.4. The van der Waals surface area contributed by atoms with Crippen LogP contribution in [0, 0.1) is 0 Å². The van der Waals surface area contributed by atoms with E-state index in [2.05, 4.69) is 10.1 Å². The Morgan fingerprint density at radius 2 is 1.76 bits per heavy atom. The normalized spacial score (nSPS) is 19.5. The number of carbonyl (C=O) groups excluding carboxylic acids is 1. The molecular weight excluding hydrogens is 378 g/mol. The first kappa shape index (κ1) is 17.9. The first-order valence-corrected chi connectivity index (χ1v) is 8.01. The van der Waals surface area contributed by atoms with Crippen LogP contribution in [0.3, 0.4) is 0 Å². The van der Waals surface area contributed by atoms with E-state index in [1.165, 1.54) is 18.2 Å². The van der Waals surface area contributed by atoms with E-state index in [0.717, 1.165) is 0 Å². The van der Waals surface area contributed by atoms with Crippen LogP contribution in [-0.2, 0) is 16.6 Å². The van der Waals surface area contributed by atoms with E-state index in [1.807, 2.05) is 0 Å². The molecular formula is C17H12Cl2F3NO2. The highest BCUT2D eigenvalue weighted by atomic mass is 35.5. The number of hydrogen-bond acceptors (Lipinski definition) is 2. The molecule has 1 N–H and O–H groups in total. The monoisotopic (exact) mass is 389 g/mol. The van der Waals surface area contributed by atoms with Crippen LogP contribution in [0.2, 0.25) is 10.0 Å². The Morgan fingerprint density at radius 1 is 1.12 bits per heavy atom. The fraction of sp³-hybridized carbons (Fsp3) is 0.235. The molecule has 1 aliphatic rings. The first-order valence-electron chi connectivity index (χ1n) is 7.25. The maximum absolute atomic E-state index is 12.6. The van der Waals surface area contributed by atoms with E-state index < -0.39 is 11.8 Å². The lowest BCUT2D eigenvalue weighted by molar-refractivity contribution is -0.274. The molecule has 1 amide bonds. The number of anilines is 1. The van der Waals surface area contributed by atoms with Crippen molar-refractivity contribution in [3.8, 4) is 5.75 Å². The van der Waals surface area contributed by atoms with Crippen LogP contribution in [0.1, 0.15) is 18.1 Å². The van der Waals surface area contributed by atoms with Crippen molar-refractivity contribution in [1.29, 1.82) is 0 Å². The molecule has 2 aromatic carbocycles. The Bertz CT molecular complexity index is 854. The SMILES string of the molecule is CC1(Cc2ccccc2OC(F)(F)F)C(=O)Nc2c(Cl)ccc(Cl)c21. The van der Waals surface area contributed by atoms with E-state index in [9.17, 15) is 18.0 Å². The third-order valence-electron chi connectivity index (χ3n) is 4.14. The molecule has 0 radical (unpaired) electrons. The van der Waals surface area contributed by atoms with Gasteiger partial charge < -0.3 is 10.1 Å². The molecule has 0 fully saturated rings. The summed E-state index contributed by atoms with van der Waals surface area (Å²) in [6.45, 7) is 1.61. The van der Waals surface area contributed by atoms with Gasteiger partial charge in [0.25, 0.3) is 0 Å². The van der Waals surface area contributed by atoms with Crippen molar-refractivity contribution in [1.82, 2.24) is 0 Å². The summed E-state index contributed by atoms with van der Waals surface area (Å²) in [6.07, 6.45) is -4.86. The van der Waals surface area contributed by atoms with Gasteiger partial charge in [0.05, 0.1) is 16.1 Å². The molecule has 0 aliphatic carbocycles. The number of fused-ring (bicyclic) bond motifs is 1. The molecule has 2 aromatic rings. The Labute approximate surface area is 151 Å². The molecule has 1 atom stereocenters. The third-order valence-corrected chi connectivity index (χ3v) is 4.77. The predicted octanol–water partition coefficient (Wildman–Crippen LogP) is 5.34. The van der Waals surface area contributed by atoms with Gasteiger partial charge in [-0.2, -0.15) is 0 Å². The summed E-state index contributed by atoms with van der Waals surface area (Å²) < 4.78 is 41.9. The third kappa shape index (κ3) is 3.28. The van der Waals surface area contributed by atoms with Crippen LogP contribution in [-0.4, -0.2) is 12.3 Å². The maximum Gasteiger partial charge on any atom is 0.573 e. The lowest BCUT2D eigenvalue weighted by Crippen LogP contribution is -2.34. The highest BCUT2D eigenvalue weighted by Crippen LogP contribution is 2.48. The summed E-state index contributed by atoms with van der Waals surface area (Å²) in [7, 11) is 0. The van der Waals surface area contributed by atoms with Gasteiger partial charge in [-0.25, -0.2) is 0 Å². The number of ether oxygens (including phenoxy) is 1. The second kappa shape index (κ2) is 6.11. The van der Waals surface area contributed by atoms with Crippen LogP contribution in [0.5, 0.6) is 5.75 Å². The van der Waals surface area contributed by atoms with Crippen molar-refractivity contribution in [2.24, 2.45) is 0 Å². The van der Waals surface area contributed by atoms with E-state index in [1.54, 1.807) is 25.1 Å². The average molecular weight is 390 g/mol. The van der Waals surface area contributed by atoms with Gasteiger partial charge in [-0.05, 0) is 37.1 Å². The topological polar surface area (TPSA) is 38.3 Å². The van der Waals surface area contributed by atoms with Crippen molar-refractivity contribution in [3.05, 3.63) is 57.6 Å². The number of halogens is 5. The summed E-state index contributed by atoms with van der Waals surface area (Å²) >= 11 is 12.4. The Kier molecular flexibility index (Phi) is 4.37. The molecule has 3 nitrogen and oxygen atoms in total. The van der Waals surface area contributed by atoms with Crippen LogP contribution in [0.25, 0.3) is 0 Å². The first-order chi connectivity index (χ1) is 11.6. The minimum absolute atomic E-state index is 0.0296. The second-order valence-corrected chi connectivity index (χ2v) is 6.71. The molecule has 8 heteroatoms. The van der Waals surface area contributed by atoms with Crippen molar-refractivity contribution in [2.75, 3.05) is 5.32 Å². The predicted molar refractivity (Wildman–Crippen MR) is 89.3 cm³/mol. The average Bonchev–Trinajstić information content (AvgIpc) is 2.77. The highest BCUT2D eigenvalue weighted by Gasteiger charge is 2.46. The quantitative estimate of drug-likeness (QED) is 0.768. The fourth-order valence-corrected chi connectivity index (χ4v) is 3.57. The lowest BCUT2D eigenvalue weighted by Gasteiger charge is -2.24. The van der Waals surface area contributed by atoms with E-state index in [-0.39, 0.29) is 23.6 Å². The summed E-state index contributed by atoms with van der Waals surface area (Å²) in [5, 5.41) is 3.30. The van der Waals surface area contributed by atoms with Crippen molar-refractivity contribution < 1.29 is 22.7 Å². The van der Waals surface area contributed by atoms with Crippen molar-refractivity contribution >= 4 is 34.8 Å². The molecule has 0 spiro atoms. The maximum atomic E-state index is 12.6. The zero-order valence-corrected chi connectivity index (χ0v) is 14.4. The van der Waals surface area contributed by atoms with Gasteiger partial charge in [0.1, 0.15) is 5.75 Å². The minimum atomic E-state index is -4.83. The van der Waals surface area contributed by atoms with Gasteiger partial charge in [-0.1, -0.05) is 41.4 Å².